The minimum absolute atomic E-state index is 0.144. The first kappa shape index (κ1) is 23.6. The van der Waals surface area contributed by atoms with Gasteiger partial charge < -0.3 is 4.74 Å². The summed E-state index contributed by atoms with van der Waals surface area (Å²) in [5, 5.41) is 8.01. The van der Waals surface area contributed by atoms with Gasteiger partial charge >= 0.3 is 0 Å². The molecule has 0 N–H and O–H groups in total. The summed E-state index contributed by atoms with van der Waals surface area (Å²) in [6, 6.07) is 6.61. The summed E-state index contributed by atoms with van der Waals surface area (Å²) in [5.74, 6) is 0.313. The van der Waals surface area contributed by atoms with Crippen molar-refractivity contribution in [2.75, 3.05) is 6.61 Å². The highest BCUT2D eigenvalue weighted by atomic mass is 19.2. The van der Waals surface area contributed by atoms with Gasteiger partial charge in [-0.05, 0) is 48.8 Å². The summed E-state index contributed by atoms with van der Waals surface area (Å²) < 4.78 is 35.0. The zero-order valence-electron chi connectivity index (χ0n) is 19.0. The third kappa shape index (κ3) is 6.72. The number of benzene rings is 1. The molecule has 0 amide bonds. The first-order valence-corrected chi connectivity index (χ1v) is 12.1. The minimum Gasteiger partial charge on any atom is -0.477 e. The Balaban J connectivity index is 1.56. The van der Waals surface area contributed by atoms with Crippen LogP contribution in [0.3, 0.4) is 0 Å². The number of hydrogen-bond donors (Lipinski definition) is 0. The molecule has 0 atom stereocenters. The molecule has 1 aromatic heterocycles. The predicted molar refractivity (Wildman–Crippen MR) is 121 cm³/mol. The van der Waals surface area contributed by atoms with Gasteiger partial charge in [0.25, 0.3) is 0 Å². The lowest BCUT2D eigenvalue weighted by Crippen LogP contribution is -2.15. The maximum atomic E-state index is 14.8. The van der Waals surface area contributed by atoms with Gasteiger partial charge in [0.05, 0.1) is 12.3 Å². The van der Waals surface area contributed by atoms with Crippen LogP contribution in [0.5, 0.6) is 5.88 Å². The van der Waals surface area contributed by atoms with Crippen molar-refractivity contribution in [3.05, 3.63) is 41.5 Å². The van der Waals surface area contributed by atoms with E-state index < -0.39 is 11.6 Å². The molecule has 0 saturated heterocycles. The van der Waals surface area contributed by atoms with Crippen molar-refractivity contribution in [3.63, 3.8) is 0 Å². The molecule has 2 aromatic rings. The summed E-state index contributed by atoms with van der Waals surface area (Å²) in [6.45, 7) is 4.90. The lowest BCUT2D eigenvalue weighted by atomic mass is 9.78. The first-order chi connectivity index (χ1) is 15.1. The van der Waals surface area contributed by atoms with E-state index in [2.05, 4.69) is 24.0 Å². The molecule has 3 rings (SSSR count). The number of halogens is 2. The summed E-state index contributed by atoms with van der Waals surface area (Å²) >= 11 is 0. The van der Waals surface area contributed by atoms with E-state index in [4.69, 9.17) is 4.74 Å². The molecule has 0 aliphatic heterocycles. The fourth-order valence-corrected chi connectivity index (χ4v) is 4.50. The van der Waals surface area contributed by atoms with Crippen molar-refractivity contribution in [2.45, 2.75) is 84.5 Å². The van der Waals surface area contributed by atoms with Crippen molar-refractivity contribution >= 4 is 0 Å². The molecular weight excluding hydrogens is 394 g/mol. The van der Waals surface area contributed by atoms with E-state index >= 15 is 0 Å². The van der Waals surface area contributed by atoms with Gasteiger partial charge in [-0.15, -0.1) is 10.2 Å². The van der Waals surface area contributed by atoms with Crippen LogP contribution in [0.25, 0.3) is 11.3 Å². The standard InChI is InChI=1S/C26H36F2N2O/c1-3-5-7-19-8-10-20(11-9-19)12-13-21-14-15-22(26(28)25(21)27)23-16-17-24(30-29-23)31-18-6-4-2/h14-17,19-20H,3-13,18H2,1-2H3. The molecule has 1 aliphatic rings. The molecule has 1 aromatic carbocycles. The molecule has 3 nitrogen and oxygen atoms in total. The second kappa shape index (κ2) is 12.1. The SMILES string of the molecule is CCCCOc1ccc(-c2ccc(CCC3CCC(CCCC)CC3)c(F)c2F)nn1. The van der Waals surface area contributed by atoms with Gasteiger partial charge in [0.15, 0.2) is 11.6 Å². The van der Waals surface area contributed by atoms with Crippen molar-refractivity contribution in [1.82, 2.24) is 10.2 Å². The molecule has 1 aliphatic carbocycles. The molecule has 0 radical (unpaired) electrons. The lowest BCUT2D eigenvalue weighted by molar-refractivity contribution is 0.249. The van der Waals surface area contributed by atoms with Crippen LogP contribution < -0.4 is 4.74 Å². The van der Waals surface area contributed by atoms with Crippen molar-refractivity contribution in [2.24, 2.45) is 11.8 Å². The van der Waals surface area contributed by atoms with Gasteiger partial charge in [-0.2, -0.15) is 0 Å². The smallest absolute Gasteiger partial charge is 0.233 e. The monoisotopic (exact) mass is 430 g/mol. The number of unbranched alkanes of at least 4 members (excludes halogenated alkanes) is 2. The second-order valence-corrected chi connectivity index (χ2v) is 8.93. The van der Waals surface area contributed by atoms with Gasteiger partial charge in [-0.3, -0.25) is 0 Å². The number of ether oxygens (including phenoxy) is 1. The highest BCUT2D eigenvalue weighted by molar-refractivity contribution is 5.60. The van der Waals surface area contributed by atoms with E-state index in [-0.39, 0.29) is 5.56 Å². The van der Waals surface area contributed by atoms with Gasteiger partial charge in [0.2, 0.25) is 5.88 Å². The van der Waals surface area contributed by atoms with E-state index in [0.717, 1.165) is 25.2 Å². The quantitative estimate of drug-likeness (QED) is 0.346. The Kier molecular flexibility index (Phi) is 9.23. The molecule has 170 valence electrons. The van der Waals surface area contributed by atoms with Gasteiger partial charge in [0, 0.05) is 11.6 Å². The van der Waals surface area contributed by atoms with E-state index in [1.807, 2.05) is 0 Å². The number of aromatic nitrogens is 2. The van der Waals surface area contributed by atoms with E-state index in [0.29, 0.717) is 36.1 Å². The summed E-state index contributed by atoms with van der Waals surface area (Å²) in [7, 11) is 0. The van der Waals surface area contributed by atoms with Crippen molar-refractivity contribution in [3.8, 4) is 17.1 Å². The summed E-state index contributed by atoms with van der Waals surface area (Å²) in [6.07, 6.45) is 12.4. The summed E-state index contributed by atoms with van der Waals surface area (Å²) in [5.41, 5.74) is 0.920. The van der Waals surface area contributed by atoms with Gasteiger partial charge in [0.1, 0.15) is 0 Å². The number of hydrogen-bond acceptors (Lipinski definition) is 3. The highest BCUT2D eigenvalue weighted by Gasteiger charge is 2.22. The Bertz CT molecular complexity index is 802. The van der Waals surface area contributed by atoms with E-state index in [1.165, 1.54) is 44.9 Å². The largest absolute Gasteiger partial charge is 0.477 e. The third-order valence-electron chi connectivity index (χ3n) is 6.58. The van der Waals surface area contributed by atoms with Gasteiger partial charge in [-0.1, -0.05) is 71.3 Å². The minimum atomic E-state index is -0.838. The Morgan fingerprint density at radius 1 is 0.839 bits per heavy atom. The maximum Gasteiger partial charge on any atom is 0.233 e. The Labute approximate surface area is 185 Å². The zero-order chi connectivity index (χ0) is 22.1. The maximum absolute atomic E-state index is 14.8. The van der Waals surface area contributed by atoms with Gasteiger partial charge in [-0.25, -0.2) is 8.78 Å². The normalized spacial score (nSPS) is 18.8. The Morgan fingerprint density at radius 2 is 1.55 bits per heavy atom. The van der Waals surface area contributed by atoms with Crippen LogP contribution in [0.15, 0.2) is 24.3 Å². The van der Waals surface area contributed by atoms with Crippen LogP contribution in [0.1, 0.15) is 83.6 Å². The van der Waals surface area contributed by atoms with Crippen LogP contribution in [0.2, 0.25) is 0 Å². The molecule has 31 heavy (non-hydrogen) atoms. The molecule has 0 bridgehead atoms. The highest BCUT2D eigenvalue weighted by Crippen LogP contribution is 2.35. The number of nitrogens with zero attached hydrogens (tertiary/aromatic N) is 2. The van der Waals surface area contributed by atoms with Crippen LogP contribution in [0, 0.1) is 23.5 Å². The number of aryl methyl sites for hydroxylation is 1. The topological polar surface area (TPSA) is 35.0 Å². The Hall–Kier alpha value is -2.04. The fraction of sp³-hybridized carbons (Fsp3) is 0.615. The molecule has 0 spiro atoms. The van der Waals surface area contributed by atoms with Crippen LogP contribution in [0.4, 0.5) is 8.78 Å². The third-order valence-corrected chi connectivity index (χ3v) is 6.58. The molecule has 0 unspecified atom stereocenters. The fourth-order valence-electron chi connectivity index (χ4n) is 4.50. The number of rotatable bonds is 11. The molecule has 5 heteroatoms. The van der Waals surface area contributed by atoms with Crippen LogP contribution >= 0.6 is 0 Å². The predicted octanol–water partition coefficient (Wildman–Crippen LogP) is 7.53. The molecule has 1 fully saturated rings. The molecule has 1 heterocycles. The molecule has 1 saturated carbocycles. The molecular formula is C26H36F2N2O. The van der Waals surface area contributed by atoms with Crippen LogP contribution in [-0.4, -0.2) is 16.8 Å². The summed E-state index contributed by atoms with van der Waals surface area (Å²) in [4.78, 5) is 0. The van der Waals surface area contributed by atoms with E-state index in [1.54, 1.807) is 24.3 Å². The van der Waals surface area contributed by atoms with Crippen LogP contribution in [-0.2, 0) is 6.42 Å². The Morgan fingerprint density at radius 3 is 2.19 bits per heavy atom. The van der Waals surface area contributed by atoms with E-state index in [9.17, 15) is 8.78 Å². The average molecular weight is 431 g/mol. The van der Waals surface area contributed by atoms with Crippen molar-refractivity contribution in [1.29, 1.82) is 0 Å². The average Bonchev–Trinajstić information content (AvgIpc) is 2.80. The second-order valence-electron chi connectivity index (χ2n) is 8.93. The lowest BCUT2D eigenvalue weighted by Gasteiger charge is -2.28. The van der Waals surface area contributed by atoms with Crippen molar-refractivity contribution < 1.29 is 13.5 Å². The zero-order valence-corrected chi connectivity index (χ0v) is 19.0. The first-order valence-electron chi connectivity index (χ1n) is 12.1.